The molecule has 0 saturated heterocycles. The monoisotopic (exact) mass is 307 g/mol. The van der Waals surface area contributed by atoms with Gasteiger partial charge >= 0.3 is 5.97 Å². The van der Waals surface area contributed by atoms with Crippen molar-refractivity contribution < 1.29 is 18.3 Å². The van der Waals surface area contributed by atoms with E-state index in [0.29, 0.717) is 11.3 Å². The molecule has 0 amide bonds. The van der Waals surface area contributed by atoms with Gasteiger partial charge in [-0.2, -0.15) is 0 Å². The third-order valence-electron chi connectivity index (χ3n) is 3.45. The van der Waals surface area contributed by atoms with Crippen LogP contribution in [-0.4, -0.2) is 11.9 Å². The molecule has 0 aliphatic carbocycles. The predicted molar refractivity (Wildman–Crippen MR) is 83.2 cm³/mol. The highest BCUT2D eigenvalue weighted by Crippen LogP contribution is 2.24. The van der Waals surface area contributed by atoms with Crippen molar-refractivity contribution in [1.82, 2.24) is 0 Å². The van der Waals surface area contributed by atoms with Gasteiger partial charge in [0.2, 0.25) is 5.90 Å². The second kappa shape index (κ2) is 5.21. The zero-order chi connectivity index (χ0) is 15.8. The molecule has 0 radical (unpaired) electrons. The van der Waals surface area contributed by atoms with Crippen molar-refractivity contribution in [3.8, 4) is 0 Å². The minimum Gasteiger partial charge on any atom is -0.457 e. The SMILES string of the molecule is O=C1OC(c2ccccc2F)=NC1=Cc1cc2ccccc2o1. The third kappa shape index (κ3) is 2.42. The van der Waals surface area contributed by atoms with Gasteiger partial charge in [0.05, 0.1) is 5.56 Å². The number of furan rings is 1. The summed E-state index contributed by atoms with van der Waals surface area (Å²) in [5, 5.41) is 0.920. The third-order valence-corrected chi connectivity index (χ3v) is 3.45. The largest absolute Gasteiger partial charge is 0.457 e. The van der Waals surface area contributed by atoms with Crippen LogP contribution in [0.25, 0.3) is 17.0 Å². The average Bonchev–Trinajstić information content (AvgIpc) is 3.11. The Hall–Kier alpha value is -3.21. The van der Waals surface area contributed by atoms with Crippen molar-refractivity contribution in [2.45, 2.75) is 0 Å². The van der Waals surface area contributed by atoms with Crippen molar-refractivity contribution >= 4 is 28.9 Å². The molecule has 4 nitrogen and oxygen atoms in total. The van der Waals surface area contributed by atoms with Crippen molar-refractivity contribution in [3.05, 3.63) is 77.4 Å². The van der Waals surface area contributed by atoms with Gasteiger partial charge in [0.15, 0.2) is 5.70 Å². The molecule has 1 aromatic heterocycles. The summed E-state index contributed by atoms with van der Waals surface area (Å²) >= 11 is 0. The Morgan fingerprint density at radius 2 is 1.83 bits per heavy atom. The lowest BCUT2D eigenvalue weighted by Gasteiger charge is -1.99. The van der Waals surface area contributed by atoms with Crippen molar-refractivity contribution in [2.75, 3.05) is 0 Å². The van der Waals surface area contributed by atoms with Crippen molar-refractivity contribution in [3.63, 3.8) is 0 Å². The van der Waals surface area contributed by atoms with Crippen LogP contribution in [0.1, 0.15) is 11.3 Å². The van der Waals surface area contributed by atoms with Gasteiger partial charge in [-0.25, -0.2) is 14.2 Å². The van der Waals surface area contributed by atoms with E-state index < -0.39 is 11.8 Å². The molecule has 1 aliphatic rings. The molecule has 23 heavy (non-hydrogen) atoms. The maximum atomic E-state index is 13.8. The van der Waals surface area contributed by atoms with Crippen molar-refractivity contribution in [2.24, 2.45) is 4.99 Å². The van der Waals surface area contributed by atoms with E-state index in [2.05, 4.69) is 4.99 Å². The maximum absolute atomic E-state index is 13.8. The number of rotatable bonds is 2. The van der Waals surface area contributed by atoms with Crippen molar-refractivity contribution in [1.29, 1.82) is 0 Å². The molecule has 0 spiro atoms. The van der Waals surface area contributed by atoms with Gasteiger partial charge in [-0.3, -0.25) is 0 Å². The van der Waals surface area contributed by atoms with E-state index in [1.807, 2.05) is 24.3 Å². The van der Waals surface area contributed by atoms with Gasteiger partial charge in [-0.05, 0) is 24.3 Å². The summed E-state index contributed by atoms with van der Waals surface area (Å²) in [4.78, 5) is 16.0. The van der Waals surface area contributed by atoms with E-state index in [1.165, 1.54) is 18.2 Å². The number of carbonyl (C=O) groups excluding carboxylic acids is 1. The van der Waals surface area contributed by atoms with E-state index in [9.17, 15) is 9.18 Å². The summed E-state index contributed by atoms with van der Waals surface area (Å²) < 4.78 is 24.4. The average molecular weight is 307 g/mol. The zero-order valence-electron chi connectivity index (χ0n) is 11.8. The van der Waals surface area contributed by atoms with Crippen LogP contribution in [0.4, 0.5) is 4.39 Å². The standard InChI is InChI=1S/C18H10FNO3/c19-14-7-3-2-6-13(14)17-20-15(18(21)23-17)10-12-9-11-5-1-4-8-16(11)22-12/h1-10H. The van der Waals surface area contributed by atoms with Crippen LogP contribution in [0.3, 0.4) is 0 Å². The lowest BCUT2D eigenvalue weighted by Crippen LogP contribution is -2.07. The van der Waals surface area contributed by atoms with Gasteiger partial charge in [-0.15, -0.1) is 0 Å². The summed E-state index contributed by atoms with van der Waals surface area (Å²) in [5.74, 6) is -0.695. The number of fused-ring (bicyclic) bond motifs is 1. The summed E-state index contributed by atoms with van der Waals surface area (Å²) in [6.45, 7) is 0. The first-order valence-electron chi connectivity index (χ1n) is 6.97. The number of para-hydroxylation sites is 1. The Bertz CT molecular complexity index is 952. The highest BCUT2D eigenvalue weighted by Gasteiger charge is 2.26. The Morgan fingerprint density at radius 1 is 1.04 bits per heavy atom. The Labute approximate surface area is 130 Å². The summed E-state index contributed by atoms with van der Waals surface area (Å²) in [7, 11) is 0. The normalized spacial score (nSPS) is 16.0. The van der Waals surface area contributed by atoms with E-state index >= 15 is 0 Å². The number of benzene rings is 2. The molecule has 112 valence electrons. The molecule has 3 aromatic rings. The number of aliphatic imine (C=N–C) groups is 1. The summed E-state index contributed by atoms with van der Waals surface area (Å²) in [6, 6.07) is 15.3. The molecule has 0 N–H and O–H groups in total. The zero-order valence-corrected chi connectivity index (χ0v) is 11.8. The molecule has 0 unspecified atom stereocenters. The van der Waals surface area contributed by atoms with Crippen LogP contribution in [-0.2, 0) is 9.53 Å². The van der Waals surface area contributed by atoms with Crippen LogP contribution in [0, 0.1) is 5.82 Å². The molecule has 0 bridgehead atoms. The van der Waals surface area contributed by atoms with Gasteiger partial charge < -0.3 is 9.15 Å². The number of esters is 1. The molecule has 0 atom stereocenters. The Balaban J connectivity index is 1.73. The molecule has 4 rings (SSSR count). The fourth-order valence-corrected chi connectivity index (χ4v) is 2.37. The van der Waals surface area contributed by atoms with E-state index in [-0.39, 0.29) is 17.2 Å². The number of ether oxygens (including phenoxy) is 1. The first-order chi connectivity index (χ1) is 11.2. The first kappa shape index (κ1) is 13.5. The lowest BCUT2D eigenvalue weighted by atomic mass is 10.2. The minimum atomic E-state index is -0.635. The highest BCUT2D eigenvalue weighted by molar-refractivity contribution is 6.12. The molecule has 0 saturated carbocycles. The van der Waals surface area contributed by atoms with E-state index in [0.717, 1.165) is 5.39 Å². The molecule has 5 heteroatoms. The van der Waals surface area contributed by atoms with Crippen LogP contribution < -0.4 is 0 Å². The fraction of sp³-hybridized carbons (Fsp3) is 0. The molecule has 1 aliphatic heterocycles. The lowest BCUT2D eigenvalue weighted by molar-refractivity contribution is -0.129. The quantitative estimate of drug-likeness (QED) is 0.532. The molecule has 2 aromatic carbocycles. The van der Waals surface area contributed by atoms with Gasteiger partial charge in [0, 0.05) is 11.5 Å². The first-order valence-corrected chi connectivity index (χ1v) is 6.97. The predicted octanol–water partition coefficient (Wildman–Crippen LogP) is 3.92. The van der Waals surface area contributed by atoms with Crippen LogP contribution >= 0.6 is 0 Å². The topological polar surface area (TPSA) is 51.8 Å². The summed E-state index contributed by atoms with van der Waals surface area (Å²) in [6.07, 6.45) is 1.48. The summed E-state index contributed by atoms with van der Waals surface area (Å²) in [5.41, 5.74) is 0.931. The van der Waals surface area contributed by atoms with Crippen LogP contribution in [0.15, 0.2) is 69.7 Å². The van der Waals surface area contributed by atoms with E-state index in [1.54, 1.807) is 18.2 Å². The van der Waals surface area contributed by atoms with E-state index in [4.69, 9.17) is 9.15 Å². The van der Waals surface area contributed by atoms with Crippen LogP contribution in [0.2, 0.25) is 0 Å². The molecule has 0 fully saturated rings. The second-order valence-electron chi connectivity index (χ2n) is 5.00. The Kier molecular flexibility index (Phi) is 3.05. The smallest absolute Gasteiger partial charge is 0.363 e. The number of hydrogen-bond donors (Lipinski definition) is 0. The molecular weight excluding hydrogens is 297 g/mol. The number of halogens is 1. The Morgan fingerprint density at radius 3 is 2.65 bits per heavy atom. The van der Waals surface area contributed by atoms with Crippen LogP contribution in [0.5, 0.6) is 0 Å². The number of nitrogens with zero attached hydrogens (tertiary/aromatic N) is 1. The molecular formula is C18H10FNO3. The second-order valence-corrected chi connectivity index (χ2v) is 5.00. The fourth-order valence-electron chi connectivity index (χ4n) is 2.37. The maximum Gasteiger partial charge on any atom is 0.363 e. The van der Waals surface area contributed by atoms with Gasteiger partial charge in [0.25, 0.3) is 0 Å². The highest BCUT2D eigenvalue weighted by atomic mass is 19.1. The number of carbonyl (C=O) groups is 1. The van der Waals surface area contributed by atoms with Gasteiger partial charge in [-0.1, -0.05) is 30.3 Å². The molecule has 2 heterocycles. The number of cyclic esters (lactones) is 1. The minimum absolute atomic E-state index is 0.0459. The number of hydrogen-bond acceptors (Lipinski definition) is 4. The van der Waals surface area contributed by atoms with Gasteiger partial charge in [0.1, 0.15) is 17.2 Å².